The van der Waals surface area contributed by atoms with Gasteiger partial charge in [-0.3, -0.25) is 9.58 Å². The number of hydrogen-bond donors (Lipinski definition) is 0. The van der Waals surface area contributed by atoms with Gasteiger partial charge in [0.25, 0.3) is 0 Å². The molecule has 26 heavy (non-hydrogen) atoms. The van der Waals surface area contributed by atoms with Crippen molar-refractivity contribution in [1.29, 1.82) is 0 Å². The maximum atomic E-state index is 11.6. The lowest BCUT2D eigenvalue weighted by Crippen LogP contribution is -2.49. The predicted molar refractivity (Wildman–Crippen MR) is 98.9 cm³/mol. The van der Waals surface area contributed by atoms with Gasteiger partial charge < -0.3 is 4.74 Å². The largest absolute Gasteiger partial charge is 0.464 e. The zero-order valence-corrected chi connectivity index (χ0v) is 14.7. The first-order valence-electron chi connectivity index (χ1n) is 8.73. The Bertz CT molecular complexity index is 831. The molecule has 0 bridgehead atoms. The van der Waals surface area contributed by atoms with Gasteiger partial charge in [0.2, 0.25) is 0 Å². The lowest BCUT2D eigenvalue weighted by molar-refractivity contribution is 0.0574. The molecule has 132 valence electrons. The van der Waals surface area contributed by atoms with E-state index in [0.717, 1.165) is 13.1 Å². The molecule has 0 atom stereocenters. The highest BCUT2D eigenvalue weighted by Gasteiger charge is 2.35. The average molecular weight is 347 g/mol. The molecular formula is C21H21N3O2. The Morgan fingerprint density at radius 3 is 2.12 bits per heavy atom. The molecule has 0 radical (unpaired) electrons. The number of rotatable bonds is 5. The molecule has 2 heterocycles. The van der Waals surface area contributed by atoms with Gasteiger partial charge in [0.15, 0.2) is 5.69 Å². The Labute approximate surface area is 152 Å². The summed E-state index contributed by atoms with van der Waals surface area (Å²) in [6.07, 6.45) is 1.86. The van der Waals surface area contributed by atoms with Crippen molar-refractivity contribution in [3.8, 4) is 0 Å². The normalized spacial score (nSPS) is 15.0. The van der Waals surface area contributed by atoms with Gasteiger partial charge >= 0.3 is 5.97 Å². The lowest BCUT2D eigenvalue weighted by Gasteiger charge is -2.44. The summed E-state index contributed by atoms with van der Waals surface area (Å²) in [6, 6.07) is 23.3. The number of nitrogens with zero attached hydrogens (tertiary/aromatic N) is 3. The van der Waals surface area contributed by atoms with Crippen LogP contribution in [-0.2, 0) is 4.74 Å². The van der Waals surface area contributed by atoms with Gasteiger partial charge in [0.05, 0.1) is 19.2 Å². The third-order valence-corrected chi connectivity index (χ3v) is 4.86. The van der Waals surface area contributed by atoms with Crippen molar-refractivity contribution in [3.05, 3.63) is 89.7 Å². The summed E-state index contributed by atoms with van der Waals surface area (Å²) < 4.78 is 6.60. The van der Waals surface area contributed by atoms with Crippen molar-refractivity contribution >= 4 is 5.97 Å². The van der Waals surface area contributed by atoms with Crippen LogP contribution in [0.4, 0.5) is 0 Å². The van der Waals surface area contributed by atoms with Crippen LogP contribution in [0.2, 0.25) is 0 Å². The van der Waals surface area contributed by atoms with Crippen molar-refractivity contribution in [3.63, 3.8) is 0 Å². The van der Waals surface area contributed by atoms with Crippen LogP contribution in [0.3, 0.4) is 0 Å². The first-order valence-corrected chi connectivity index (χ1v) is 8.73. The molecule has 0 N–H and O–H groups in total. The quantitative estimate of drug-likeness (QED) is 0.664. The van der Waals surface area contributed by atoms with Crippen LogP contribution in [-0.4, -0.2) is 40.8 Å². The Hall–Kier alpha value is -2.92. The van der Waals surface area contributed by atoms with Crippen molar-refractivity contribution in [2.24, 2.45) is 0 Å². The number of carbonyl (C=O) groups excluding carboxylic acids is 1. The molecule has 0 spiro atoms. The predicted octanol–water partition coefficient (Wildman–Crippen LogP) is 3.32. The maximum Gasteiger partial charge on any atom is 0.358 e. The van der Waals surface area contributed by atoms with Gasteiger partial charge in [0.1, 0.15) is 0 Å². The second-order valence-electron chi connectivity index (χ2n) is 6.50. The molecule has 4 rings (SSSR count). The molecule has 0 saturated carbocycles. The van der Waals surface area contributed by atoms with E-state index in [1.54, 1.807) is 6.07 Å². The zero-order valence-electron chi connectivity index (χ0n) is 14.7. The van der Waals surface area contributed by atoms with E-state index in [1.165, 1.54) is 18.2 Å². The third kappa shape index (κ3) is 3.13. The molecule has 2 aromatic carbocycles. The second-order valence-corrected chi connectivity index (χ2v) is 6.50. The molecule has 0 unspecified atom stereocenters. The number of carbonyl (C=O) groups is 1. The summed E-state index contributed by atoms with van der Waals surface area (Å²) in [4.78, 5) is 14.0. The van der Waals surface area contributed by atoms with Gasteiger partial charge in [0, 0.05) is 19.3 Å². The monoisotopic (exact) mass is 347 g/mol. The molecular weight excluding hydrogens is 326 g/mol. The fraction of sp³-hybridized carbons (Fsp3) is 0.238. The van der Waals surface area contributed by atoms with Crippen LogP contribution in [0.5, 0.6) is 0 Å². The van der Waals surface area contributed by atoms with Gasteiger partial charge in [-0.05, 0) is 17.2 Å². The first kappa shape index (κ1) is 16.5. The fourth-order valence-electron chi connectivity index (χ4n) is 3.51. The van der Waals surface area contributed by atoms with Gasteiger partial charge in [-0.2, -0.15) is 5.10 Å². The summed E-state index contributed by atoms with van der Waals surface area (Å²) in [5.41, 5.74) is 2.93. The minimum absolute atomic E-state index is 0.226. The third-order valence-electron chi connectivity index (χ3n) is 4.86. The van der Waals surface area contributed by atoms with Crippen LogP contribution in [0.1, 0.15) is 33.7 Å². The van der Waals surface area contributed by atoms with E-state index < -0.39 is 5.97 Å². The second kappa shape index (κ2) is 7.14. The van der Waals surface area contributed by atoms with E-state index in [4.69, 9.17) is 4.74 Å². The molecule has 1 fully saturated rings. The van der Waals surface area contributed by atoms with Crippen molar-refractivity contribution in [2.75, 3.05) is 20.2 Å². The first-order chi connectivity index (χ1) is 12.8. The van der Waals surface area contributed by atoms with Crippen molar-refractivity contribution in [2.45, 2.75) is 12.1 Å². The number of aromatic nitrogens is 2. The van der Waals surface area contributed by atoms with E-state index in [1.807, 2.05) is 23.0 Å². The summed E-state index contributed by atoms with van der Waals surface area (Å²) in [5.74, 6) is -0.397. The molecule has 5 heteroatoms. The summed E-state index contributed by atoms with van der Waals surface area (Å²) >= 11 is 0. The molecule has 1 aliphatic rings. The van der Waals surface area contributed by atoms with E-state index >= 15 is 0 Å². The van der Waals surface area contributed by atoms with Crippen LogP contribution < -0.4 is 0 Å². The Morgan fingerprint density at radius 2 is 1.58 bits per heavy atom. The van der Waals surface area contributed by atoms with E-state index in [2.05, 4.69) is 58.5 Å². The highest BCUT2D eigenvalue weighted by Crippen LogP contribution is 2.35. The van der Waals surface area contributed by atoms with Crippen molar-refractivity contribution in [1.82, 2.24) is 14.7 Å². The SMILES string of the molecule is COC(=O)c1ccn(C2CN(C(c3ccccc3)c3ccccc3)C2)n1. The number of hydrogen-bond acceptors (Lipinski definition) is 4. The van der Waals surface area contributed by atoms with E-state index in [-0.39, 0.29) is 12.1 Å². The zero-order chi connectivity index (χ0) is 17.9. The molecule has 1 aromatic heterocycles. The number of benzene rings is 2. The number of methoxy groups -OCH3 is 1. The van der Waals surface area contributed by atoms with E-state index in [0.29, 0.717) is 5.69 Å². The van der Waals surface area contributed by atoms with Crippen LogP contribution in [0, 0.1) is 0 Å². The standard InChI is InChI=1S/C21H21N3O2/c1-26-21(25)19-12-13-24(22-19)18-14-23(15-18)20(16-8-4-2-5-9-16)17-10-6-3-7-11-17/h2-13,18,20H,14-15H2,1H3. The van der Waals surface area contributed by atoms with Gasteiger partial charge in [-0.1, -0.05) is 60.7 Å². The Morgan fingerprint density at radius 1 is 1.00 bits per heavy atom. The summed E-state index contributed by atoms with van der Waals surface area (Å²) in [7, 11) is 1.37. The van der Waals surface area contributed by atoms with Gasteiger partial charge in [-0.25, -0.2) is 4.79 Å². The highest BCUT2D eigenvalue weighted by atomic mass is 16.5. The minimum Gasteiger partial charge on any atom is -0.464 e. The molecule has 0 amide bonds. The molecule has 3 aromatic rings. The Balaban J connectivity index is 1.53. The topological polar surface area (TPSA) is 47.4 Å². The Kier molecular flexibility index (Phi) is 4.54. The summed E-state index contributed by atoms with van der Waals surface area (Å²) in [6.45, 7) is 1.77. The highest BCUT2D eigenvalue weighted by molar-refractivity contribution is 5.86. The minimum atomic E-state index is -0.397. The summed E-state index contributed by atoms with van der Waals surface area (Å²) in [5, 5.41) is 4.36. The molecule has 5 nitrogen and oxygen atoms in total. The fourth-order valence-corrected chi connectivity index (χ4v) is 3.51. The number of esters is 1. The number of likely N-dealkylation sites (tertiary alicyclic amines) is 1. The molecule has 1 aliphatic heterocycles. The number of ether oxygens (including phenoxy) is 1. The van der Waals surface area contributed by atoms with Crippen LogP contribution in [0.15, 0.2) is 72.9 Å². The van der Waals surface area contributed by atoms with Crippen LogP contribution >= 0.6 is 0 Å². The van der Waals surface area contributed by atoms with Gasteiger partial charge in [-0.15, -0.1) is 0 Å². The molecule has 0 aliphatic carbocycles. The maximum absolute atomic E-state index is 11.6. The lowest BCUT2D eigenvalue weighted by atomic mass is 9.93. The van der Waals surface area contributed by atoms with E-state index in [9.17, 15) is 4.79 Å². The molecule has 1 saturated heterocycles. The average Bonchev–Trinajstić information content (AvgIpc) is 3.14. The smallest absolute Gasteiger partial charge is 0.358 e. The van der Waals surface area contributed by atoms with Crippen LogP contribution in [0.25, 0.3) is 0 Å². The van der Waals surface area contributed by atoms with Crippen molar-refractivity contribution < 1.29 is 9.53 Å².